The summed E-state index contributed by atoms with van der Waals surface area (Å²) in [4.78, 5) is 0. The van der Waals surface area contributed by atoms with Gasteiger partial charge in [-0.2, -0.15) is 0 Å². The maximum atomic E-state index is 11.7. The summed E-state index contributed by atoms with van der Waals surface area (Å²) >= 11 is 0. The molecule has 0 aromatic rings. The lowest BCUT2D eigenvalue weighted by Gasteiger charge is -2.58. The fraction of sp³-hybridized carbons (Fsp3) is 1.00. The molecule has 2 fully saturated rings. The molecular weight excluding hydrogens is 198 g/mol. The van der Waals surface area contributed by atoms with Crippen LogP contribution in [-0.2, 0) is 9.84 Å². The molecule has 0 N–H and O–H groups in total. The second kappa shape index (κ2) is 2.73. The van der Waals surface area contributed by atoms with Gasteiger partial charge in [-0.25, -0.2) is 8.42 Å². The van der Waals surface area contributed by atoms with Crippen LogP contribution in [0.2, 0.25) is 0 Å². The Hall–Kier alpha value is -0.0900. The highest BCUT2D eigenvalue weighted by Gasteiger charge is 2.66. The number of nitrogens with zero attached hydrogens (tertiary/aromatic N) is 1. The first kappa shape index (κ1) is 10.4. The highest BCUT2D eigenvalue weighted by molar-refractivity contribution is 7.93. The first-order valence-corrected chi connectivity index (χ1v) is 7.04. The predicted octanol–water partition coefficient (Wildman–Crippen LogP) is 0.802. The molecule has 0 aromatic heterocycles. The lowest BCUT2D eigenvalue weighted by molar-refractivity contribution is -0.924. The van der Waals surface area contributed by atoms with E-state index < -0.39 is 9.84 Å². The van der Waals surface area contributed by atoms with Crippen LogP contribution in [0.15, 0.2) is 0 Å². The van der Waals surface area contributed by atoms with Crippen LogP contribution in [0.4, 0.5) is 0 Å². The van der Waals surface area contributed by atoms with E-state index in [0.717, 1.165) is 23.7 Å². The van der Waals surface area contributed by atoms with Crippen molar-refractivity contribution in [2.45, 2.75) is 36.5 Å². The fourth-order valence-corrected chi connectivity index (χ4v) is 6.23. The molecule has 2 atom stereocenters. The van der Waals surface area contributed by atoms with E-state index in [1.807, 2.05) is 0 Å². The number of fused-ring (bicyclic) bond motifs is 1. The quantitative estimate of drug-likeness (QED) is 0.610. The molecule has 3 nitrogen and oxygen atoms in total. The van der Waals surface area contributed by atoms with Crippen molar-refractivity contribution in [2.75, 3.05) is 26.9 Å². The van der Waals surface area contributed by atoms with Crippen molar-refractivity contribution in [1.29, 1.82) is 0 Å². The van der Waals surface area contributed by atoms with Crippen LogP contribution in [0, 0.1) is 0 Å². The molecule has 0 amide bonds. The lowest BCUT2D eigenvalue weighted by atomic mass is 9.79. The molecule has 4 heteroatoms. The van der Waals surface area contributed by atoms with E-state index in [1.165, 1.54) is 6.42 Å². The van der Waals surface area contributed by atoms with Crippen LogP contribution >= 0.6 is 0 Å². The Morgan fingerprint density at radius 2 is 1.86 bits per heavy atom. The number of rotatable bonds is 1. The maximum absolute atomic E-state index is 11.7. The normalized spacial score (nSPS) is 41.2. The van der Waals surface area contributed by atoms with Gasteiger partial charge in [-0.15, -0.1) is 0 Å². The Labute approximate surface area is 86.6 Å². The molecule has 0 unspecified atom stereocenters. The molecule has 0 radical (unpaired) electrons. The number of hydrogen-bond donors (Lipinski definition) is 0. The van der Waals surface area contributed by atoms with Crippen molar-refractivity contribution in [1.82, 2.24) is 0 Å². The van der Waals surface area contributed by atoms with Gasteiger partial charge in [-0.3, -0.25) is 0 Å². The standard InChI is InChI=1S/C10H20NO2S/c1-11(2,3)10-7-5-4-6-9(10)14(12,13)8-10/h9H,4-8H2,1-3H3/q+1/t9-,10+/m0/s1. The van der Waals surface area contributed by atoms with Gasteiger partial charge in [0.1, 0.15) is 16.5 Å². The molecule has 2 aliphatic rings. The monoisotopic (exact) mass is 218 g/mol. The lowest BCUT2D eigenvalue weighted by Crippen LogP contribution is -2.76. The van der Waals surface area contributed by atoms with Crippen molar-refractivity contribution in [3.8, 4) is 0 Å². The molecule has 0 aromatic carbocycles. The Kier molecular flexibility index (Phi) is 2.03. The third kappa shape index (κ3) is 1.16. The van der Waals surface area contributed by atoms with Gasteiger partial charge in [0.15, 0.2) is 9.84 Å². The van der Waals surface area contributed by atoms with Crippen LogP contribution in [0.1, 0.15) is 25.7 Å². The zero-order chi connectivity index (χ0) is 10.6. The third-order valence-corrected chi connectivity index (χ3v) is 6.59. The smallest absolute Gasteiger partial charge is 0.165 e. The zero-order valence-corrected chi connectivity index (χ0v) is 10.1. The molecule has 1 saturated heterocycles. The summed E-state index contributed by atoms with van der Waals surface area (Å²) in [5.74, 6) is 0.411. The van der Waals surface area contributed by atoms with Crippen molar-refractivity contribution in [3.63, 3.8) is 0 Å². The van der Waals surface area contributed by atoms with Crippen molar-refractivity contribution in [3.05, 3.63) is 0 Å². The predicted molar refractivity (Wildman–Crippen MR) is 56.8 cm³/mol. The average Bonchev–Trinajstić information content (AvgIpc) is 2.00. The van der Waals surface area contributed by atoms with Crippen LogP contribution in [-0.4, -0.2) is 50.6 Å². The van der Waals surface area contributed by atoms with Crippen LogP contribution in [0.3, 0.4) is 0 Å². The Balaban J connectivity index is 2.36. The highest BCUT2D eigenvalue weighted by atomic mass is 32.2. The van der Waals surface area contributed by atoms with Gasteiger partial charge in [0.2, 0.25) is 0 Å². The van der Waals surface area contributed by atoms with Gasteiger partial charge in [0.25, 0.3) is 0 Å². The second-order valence-corrected chi connectivity index (χ2v) is 7.84. The number of quaternary nitrogens is 1. The Bertz CT molecular complexity index is 342. The summed E-state index contributed by atoms with van der Waals surface area (Å²) in [5, 5.41) is -0.0521. The molecular formula is C10H20NO2S+. The van der Waals surface area contributed by atoms with Crippen LogP contribution < -0.4 is 0 Å². The summed E-state index contributed by atoms with van der Waals surface area (Å²) in [6.45, 7) is 0. The fourth-order valence-electron chi connectivity index (χ4n) is 3.18. The molecule has 1 aliphatic heterocycles. The highest BCUT2D eigenvalue weighted by Crippen LogP contribution is 2.48. The molecule has 1 aliphatic carbocycles. The average molecular weight is 218 g/mol. The van der Waals surface area contributed by atoms with E-state index in [0.29, 0.717) is 5.75 Å². The summed E-state index contributed by atoms with van der Waals surface area (Å²) in [5.41, 5.74) is 0.0388. The van der Waals surface area contributed by atoms with Gasteiger partial charge >= 0.3 is 0 Å². The summed E-state index contributed by atoms with van der Waals surface area (Å²) in [6.07, 6.45) is 4.26. The summed E-state index contributed by atoms with van der Waals surface area (Å²) in [7, 11) is 3.66. The van der Waals surface area contributed by atoms with Gasteiger partial charge in [0, 0.05) is 6.42 Å². The van der Waals surface area contributed by atoms with Gasteiger partial charge < -0.3 is 4.48 Å². The molecule has 0 bridgehead atoms. The van der Waals surface area contributed by atoms with Gasteiger partial charge in [-0.05, 0) is 12.8 Å². The molecule has 14 heavy (non-hydrogen) atoms. The second-order valence-electron chi connectivity index (χ2n) is 5.66. The first-order valence-electron chi connectivity index (χ1n) is 5.33. The largest absolute Gasteiger partial charge is 0.324 e. The van der Waals surface area contributed by atoms with Gasteiger partial charge in [0.05, 0.1) is 21.1 Å². The third-order valence-electron chi connectivity index (χ3n) is 4.15. The maximum Gasteiger partial charge on any atom is 0.165 e. The Morgan fingerprint density at radius 3 is 2.29 bits per heavy atom. The van der Waals surface area contributed by atoms with E-state index in [-0.39, 0.29) is 10.8 Å². The minimum atomic E-state index is -2.74. The summed E-state index contributed by atoms with van der Waals surface area (Å²) < 4.78 is 24.2. The molecule has 82 valence electrons. The van der Waals surface area contributed by atoms with Crippen molar-refractivity contribution in [2.24, 2.45) is 0 Å². The van der Waals surface area contributed by atoms with Crippen LogP contribution in [0.25, 0.3) is 0 Å². The molecule has 1 saturated carbocycles. The summed E-state index contributed by atoms with van der Waals surface area (Å²) in [6, 6.07) is 0. The first-order chi connectivity index (χ1) is 6.30. The van der Waals surface area contributed by atoms with Crippen molar-refractivity contribution >= 4 is 9.84 Å². The number of sulfone groups is 1. The van der Waals surface area contributed by atoms with Gasteiger partial charge in [-0.1, -0.05) is 6.42 Å². The topological polar surface area (TPSA) is 34.1 Å². The zero-order valence-electron chi connectivity index (χ0n) is 9.28. The van der Waals surface area contributed by atoms with E-state index in [4.69, 9.17) is 0 Å². The Morgan fingerprint density at radius 1 is 1.21 bits per heavy atom. The van der Waals surface area contributed by atoms with E-state index in [9.17, 15) is 8.42 Å². The molecule has 2 rings (SSSR count). The van der Waals surface area contributed by atoms with Crippen molar-refractivity contribution < 1.29 is 12.9 Å². The minimum absolute atomic E-state index is 0.0388. The minimum Gasteiger partial charge on any atom is -0.324 e. The van der Waals surface area contributed by atoms with E-state index in [2.05, 4.69) is 21.1 Å². The van der Waals surface area contributed by atoms with Crippen LogP contribution in [0.5, 0.6) is 0 Å². The molecule has 0 spiro atoms. The number of hydrogen-bond acceptors (Lipinski definition) is 2. The van der Waals surface area contributed by atoms with E-state index in [1.54, 1.807) is 0 Å². The SMILES string of the molecule is C[N+](C)(C)[C@@]12CCCC[C@@H]1S(=O)(=O)C2. The van der Waals surface area contributed by atoms with E-state index >= 15 is 0 Å². The molecule has 1 heterocycles.